The molecule has 0 aliphatic heterocycles. The molecule has 0 saturated heterocycles. The van der Waals surface area contributed by atoms with Crippen molar-refractivity contribution in [1.29, 1.82) is 10.5 Å². The number of hydrogen-bond donors (Lipinski definition) is 0. The van der Waals surface area contributed by atoms with Crippen molar-refractivity contribution in [3.63, 3.8) is 0 Å². The summed E-state index contributed by atoms with van der Waals surface area (Å²) in [4.78, 5) is 0. The summed E-state index contributed by atoms with van der Waals surface area (Å²) < 4.78 is 0. The lowest BCUT2D eigenvalue weighted by Gasteiger charge is -2.39. The van der Waals surface area contributed by atoms with Gasteiger partial charge in [-0.3, -0.25) is 0 Å². The first-order valence-electron chi connectivity index (χ1n) is 7.26. The van der Waals surface area contributed by atoms with Crippen molar-refractivity contribution in [1.82, 2.24) is 0 Å². The van der Waals surface area contributed by atoms with E-state index < -0.39 is 0 Å². The van der Waals surface area contributed by atoms with E-state index in [4.69, 9.17) is 0 Å². The summed E-state index contributed by atoms with van der Waals surface area (Å²) >= 11 is 0. The molecule has 2 aliphatic rings. The summed E-state index contributed by atoms with van der Waals surface area (Å²) in [5, 5.41) is 18.8. The van der Waals surface area contributed by atoms with Crippen molar-refractivity contribution in [2.75, 3.05) is 0 Å². The zero-order chi connectivity index (χ0) is 15.1. The topological polar surface area (TPSA) is 47.6 Å². The molecule has 0 heterocycles. The molecule has 0 N–H and O–H groups in total. The molecular weight excluding hydrogens is 268 g/mol. The predicted molar refractivity (Wildman–Crippen MR) is 85.6 cm³/mol. The number of hydrogen-bond acceptors (Lipinski definition) is 2. The van der Waals surface area contributed by atoms with Gasteiger partial charge in [-0.2, -0.15) is 10.5 Å². The molecule has 0 radical (unpaired) electrons. The smallest absolute Gasteiger partial charge is 0.0998 e. The van der Waals surface area contributed by atoms with Gasteiger partial charge in [0, 0.05) is 11.8 Å². The molecule has 2 aromatic rings. The largest absolute Gasteiger partial charge is 0.192 e. The van der Waals surface area contributed by atoms with Crippen LogP contribution >= 0.6 is 0 Å². The Labute approximate surface area is 129 Å². The molecule has 2 aromatic carbocycles. The normalized spacial score (nSPS) is 20.7. The minimum Gasteiger partial charge on any atom is -0.192 e. The van der Waals surface area contributed by atoms with Crippen LogP contribution in [0.25, 0.3) is 11.6 Å². The first kappa shape index (κ1) is 12.6. The zero-order valence-electron chi connectivity index (χ0n) is 11.8. The summed E-state index contributed by atoms with van der Waals surface area (Å²) in [5.41, 5.74) is 5.68. The van der Waals surface area contributed by atoms with E-state index >= 15 is 0 Å². The van der Waals surface area contributed by atoms with Crippen LogP contribution < -0.4 is 0 Å². The minimum absolute atomic E-state index is 0.186. The minimum atomic E-state index is 0.186. The maximum absolute atomic E-state index is 9.47. The fourth-order valence-corrected chi connectivity index (χ4v) is 3.47. The number of nitrogens with zero attached hydrogens (tertiary/aromatic N) is 2. The van der Waals surface area contributed by atoms with Crippen LogP contribution in [0.2, 0.25) is 0 Å². The van der Waals surface area contributed by atoms with Gasteiger partial charge in [0.15, 0.2) is 0 Å². The Hall–Kier alpha value is -3.10. The third kappa shape index (κ3) is 1.65. The molecule has 2 unspecified atom stereocenters. The maximum Gasteiger partial charge on any atom is 0.0998 e. The van der Waals surface area contributed by atoms with Crippen molar-refractivity contribution < 1.29 is 0 Å². The lowest BCUT2D eigenvalue weighted by molar-refractivity contribution is 0.657. The first-order valence-corrected chi connectivity index (χ1v) is 7.26. The van der Waals surface area contributed by atoms with E-state index in [1.54, 1.807) is 12.1 Å². The summed E-state index contributed by atoms with van der Waals surface area (Å²) in [7, 11) is 0. The van der Waals surface area contributed by atoms with Crippen LogP contribution in [-0.2, 0) is 0 Å². The molecule has 102 valence electrons. The van der Waals surface area contributed by atoms with Crippen molar-refractivity contribution in [3.8, 4) is 12.1 Å². The molecule has 4 rings (SSSR count). The average Bonchev–Trinajstić information content (AvgIpc) is 2.55. The maximum atomic E-state index is 9.47. The van der Waals surface area contributed by atoms with Gasteiger partial charge in [0.05, 0.1) is 23.3 Å². The predicted octanol–water partition coefficient (Wildman–Crippen LogP) is 4.25. The third-order valence-corrected chi connectivity index (χ3v) is 4.52. The molecule has 0 amide bonds. The molecule has 0 fully saturated rings. The molecule has 22 heavy (non-hydrogen) atoms. The van der Waals surface area contributed by atoms with Crippen molar-refractivity contribution in [2.45, 2.75) is 5.92 Å². The van der Waals surface area contributed by atoms with Gasteiger partial charge < -0.3 is 0 Å². The lowest BCUT2D eigenvalue weighted by atomic mass is 9.63. The van der Waals surface area contributed by atoms with E-state index in [1.165, 1.54) is 11.1 Å². The average molecular weight is 280 g/mol. The molecular formula is C20H12N2. The highest BCUT2D eigenvalue weighted by atomic mass is 14.4. The standard InChI is InChI=1S/C20H12N2/c21-11-15-6-7-16(12-22)20-17(15)9-8-14-10-18(19(14)20)13-4-2-1-3-5-13/h1-10,14,19H. The molecule has 2 aliphatic carbocycles. The summed E-state index contributed by atoms with van der Waals surface area (Å²) in [6, 6.07) is 18.3. The van der Waals surface area contributed by atoms with E-state index in [-0.39, 0.29) is 5.92 Å². The number of fused-ring (bicyclic) bond motifs is 3. The first-order chi connectivity index (χ1) is 10.8. The highest BCUT2D eigenvalue weighted by Gasteiger charge is 2.38. The van der Waals surface area contributed by atoms with Crippen LogP contribution in [0.15, 0.2) is 54.6 Å². The van der Waals surface area contributed by atoms with E-state index in [1.807, 2.05) is 24.3 Å². The van der Waals surface area contributed by atoms with Gasteiger partial charge in [0.2, 0.25) is 0 Å². The molecule has 2 heteroatoms. The van der Waals surface area contributed by atoms with Crippen molar-refractivity contribution >= 4 is 11.6 Å². The Kier molecular flexibility index (Phi) is 2.71. The van der Waals surface area contributed by atoms with Crippen LogP contribution in [0, 0.1) is 28.6 Å². The molecule has 2 atom stereocenters. The number of benzene rings is 2. The molecule has 0 bridgehead atoms. The SMILES string of the molecule is N#Cc1ccc(C#N)c2c1C=CC1C=C(c3ccccc3)C21. The number of allylic oxidation sites excluding steroid dienone is 3. The van der Waals surface area contributed by atoms with Gasteiger partial charge in [-0.05, 0) is 34.4 Å². The fraction of sp³-hybridized carbons (Fsp3) is 0.100. The Morgan fingerprint density at radius 2 is 1.59 bits per heavy atom. The Bertz CT molecular complexity index is 905. The van der Waals surface area contributed by atoms with Gasteiger partial charge >= 0.3 is 0 Å². The zero-order valence-corrected chi connectivity index (χ0v) is 11.8. The van der Waals surface area contributed by atoms with Crippen LogP contribution in [0.3, 0.4) is 0 Å². The quantitative estimate of drug-likeness (QED) is 0.783. The monoisotopic (exact) mass is 280 g/mol. The Morgan fingerprint density at radius 3 is 2.32 bits per heavy atom. The van der Waals surface area contributed by atoms with Crippen LogP contribution in [0.1, 0.15) is 33.7 Å². The van der Waals surface area contributed by atoms with Crippen LogP contribution in [-0.4, -0.2) is 0 Å². The van der Waals surface area contributed by atoms with E-state index in [2.05, 4.69) is 36.4 Å². The number of rotatable bonds is 1. The van der Waals surface area contributed by atoms with Gasteiger partial charge in [-0.25, -0.2) is 0 Å². The second-order valence-electron chi connectivity index (χ2n) is 5.61. The second-order valence-corrected chi connectivity index (χ2v) is 5.61. The van der Waals surface area contributed by atoms with Gasteiger partial charge in [-0.15, -0.1) is 0 Å². The molecule has 0 spiro atoms. The highest BCUT2D eigenvalue weighted by Crippen LogP contribution is 2.52. The van der Waals surface area contributed by atoms with Gasteiger partial charge in [0.1, 0.15) is 0 Å². The molecule has 0 aromatic heterocycles. The Morgan fingerprint density at radius 1 is 0.864 bits per heavy atom. The van der Waals surface area contributed by atoms with Crippen LogP contribution in [0.5, 0.6) is 0 Å². The van der Waals surface area contributed by atoms with E-state index in [0.717, 1.165) is 11.1 Å². The number of nitriles is 2. The molecule has 0 saturated carbocycles. The van der Waals surface area contributed by atoms with Crippen LogP contribution in [0.4, 0.5) is 0 Å². The third-order valence-electron chi connectivity index (χ3n) is 4.52. The summed E-state index contributed by atoms with van der Waals surface area (Å²) in [6.07, 6.45) is 6.38. The van der Waals surface area contributed by atoms with E-state index in [9.17, 15) is 10.5 Å². The van der Waals surface area contributed by atoms with Crippen molar-refractivity contribution in [3.05, 3.63) is 82.4 Å². The fourth-order valence-electron chi connectivity index (χ4n) is 3.47. The van der Waals surface area contributed by atoms with Gasteiger partial charge in [-0.1, -0.05) is 48.6 Å². The summed E-state index contributed by atoms with van der Waals surface area (Å²) in [5.74, 6) is 0.508. The van der Waals surface area contributed by atoms with E-state index in [0.29, 0.717) is 17.0 Å². The van der Waals surface area contributed by atoms with Gasteiger partial charge in [0.25, 0.3) is 0 Å². The second kappa shape index (κ2) is 4.72. The lowest BCUT2D eigenvalue weighted by Crippen LogP contribution is -2.25. The Balaban J connectivity index is 1.92. The molecule has 2 nitrogen and oxygen atoms in total. The van der Waals surface area contributed by atoms with Crippen molar-refractivity contribution in [2.24, 2.45) is 5.92 Å². The highest BCUT2D eigenvalue weighted by molar-refractivity contribution is 5.85. The summed E-state index contributed by atoms with van der Waals surface area (Å²) in [6.45, 7) is 0.